The summed E-state index contributed by atoms with van der Waals surface area (Å²) in [6.07, 6.45) is 1.24. The van der Waals surface area contributed by atoms with Crippen LogP contribution in [0.25, 0.3) is 0 Å². The molecule has 0 heterocycles. The van der Waals surface area contributed by atoms with Gasteiger partial charge in [-0.15, -0.1) is 0 Å². The van der Waals surface area contributed by atoms with Crippen LogP contribution in [-0.2, 0) is 4.79 Å². The van der Waals surface area contributed by atoms with E-state index < -0.39 is 0 Å². The number of ketones is 1. The van der Waals surface area contributed by atoms with Crippen molar-refractivity contribution in [2.75, 3.05) is 6.61 Å². The number of carbonyl (C=O) groups is 1. The van der Waals surface area contributed by atoms with Gasteiger partial charge in [0.15, 0.2) is 0 Å². The highest BCUT2D eigenvalue weighted by atomic mass is 35.5. The molecule has 1 rings (SSSR count). The Balaban J connectivity index is 2.40. The van der Waals surface area contributed by atoms with Gasteiger partial charge in [0.25, 0.3) is 0 Å². The highest BCUT2D eigenvalue weighted by Gasteiger charge is 2.02. The average Bonchev–Trinajstić information content (AvgIpc) is 2.14. The van der Waals surface area contributed by atoms with Gasteiger partial charge in [-0.25, -0.2) is 0 Å². The van der Waals surface area contributed by atoms with E-state index in [1.54, 1.807) is 25.1 Å². The van der Waals surface area contributed by atoms with E-state index in [1.807, 2.05) is 0 Å². The molecule has 15 heavy (non-hydrogen) atoms. The van der Waals surface area contributed by atoms with Gasteiger partial charge in [0.2, 0.25) is 0 Å². The Morgan fingerprint density at radius 1 is 1.40 bits per heavy atom. The van der Waals surface area contributed by atoms with Crippen LogP contribution < -0.4 is 4.74 Å². The number of Topliss-reactive ketones (excluding diaryl/α,β-unsaturated/α-hetero) is 1. The first kappa shape index (κ1) is 12.3. The van der Waals surface area contributed by atoms with E-state index in [1.165, 1.54) is 0 Å². The molecule has 1 aromatic rings. The maximum Gasteiger partial charge on any atom is 0.137 e. The molecule has 0 aliphatic rings. The van der Waals surface area contributed by atoms with Crippen LogP contribution in [0.1, 0.15) is 19.8 Å². The van der Waals surface area contributed by atoms with Crippen molar-refractivity contribution in [1.82, 2.24) is 0 Å². The predicted octanol–water partition coefficient (Wildman–Crippen LogP) is 3.74. The van der Waals surface area contributed by atoms with Crippen LogP contribution in [0, 0.1) is 0 Å². The van der Waals surface area contributed by atoms with Gasteiger partial charge in [-0.3, -0.25) is 0 Å². The van der Waals surface area contributed by atoms with Gasteiger partial charge < -0.3 is 9.53 Å². The summed E-state index contributed by atoms with van der Waals surface area (Å²) >= 11 is 11.6. The van der Waals surface area contributed by atoms with Crippen molar-refractivity contribution in [1.29, 1.82) is 0 Å². The standard InChI is InChI=1S/C11H12Cl2O2/c1-8(14)3-2-6-15-11-5-4-9(12)7-10(11)13/h4-5,7H,2-3,6H2,1H3. The smallest absolute Gasteiger partial charge is 0.137 e. The monoisotopic (exact) mass is 246 g/mol. The van der Waals surface area contributed by atoms with E-state index in [-0.39, 0.29) is 5.78 Å². The Bertz CT molecular complexity index is 350. The molecule has 0 aromatic heterocycles. The van der Waals surface area contributed by atoms with Gasteiger partial charge in [-0.05, 0) is 31.5 Å². The van der Waals surface area contributed by atoms with Gasteiger partial charge in [-0.1, -0.05) is 23.2 Å². The minimum atomic E-state index is 0.167. The quantitative estimate of drug-likeness (QED) is 0.741. The van der Waals surface area contributed by atoms with Crippen LogP contribution in [0.3, 0.4) is 0 Å². The Hall–Kier alpha value is -0.730. The molecule has 0 aliphatic carbocycles. The molecule has 0 fully saturated rings. The van der Waals surface area contributed by atoms with E-state index in [2.05, 4.69) is 0 Å². The SMILES string of the molecule is CC(=O)CCCOc1ccc(Cl)cc1Cl. The number of hydrogen-bond acceptors (Lipinski definition) is 2. The maximum absolute atomic E-state index is 10.7. The molecule has 82 valence electrons. The van der Waals surface area contributed by atoms with Crippen LogP contribution in [0.15, 0.2) is 18.2 Å². The molecule has 0 atom stereocenters. The molecule has 0 bridgehead atoms. The minimum Gasteiger partial charge on any atom is -0.492 e. The molecule has 0 amide bonds. The van der Waals surface area contributed by atoms with E-state index in [4.69, 9.17) is 27.9 Å². The fourth-order valence-corrected chi connectivity index (χ4v) is 1.56. The topological polar surface area (TPSA) is 26.3 Å². The third-order valence-electron chi connectivity index (χ3n) is 1.82. The zero-order chi connectivity index (χ0) is 11.3. The van der Waals surface area contributed by atoms with Gasteiger partial charge in [-0.2, -0.15) is 0 Å². The fraction of sp³-hybridized carbons (Fsp3) is 0.364. The Morgan fingerprint density at radius 3 is 2.73 bits per heavy atom. The highest BCUT2D eigenvalue weighted by Crippen LogP contribution is 2.27. The van der Waals surface area contributed by atoms with Gasteiger partial charge in [0.05, 0.1) is 11.6 Å². The Morgan fingerprint density at radius 2 is 2.13 bits per heavy atom. The molecule has 0 saturated carbocycles. The third kappa shape index (κ3) is 4.54. The molecule has 0 saturated heterocycles. The summed E-state index contributed by atoms with van der Waals surface area (Å²) in [5, 5.41) is 1.07. The van der Waals surface area contributed by atoms with Crippen LogP contribution in [-0.4, -0.2) is 12.4 Å². The van der Waals surface area contributed by atoms with Crippen molar-refractivity contribution in [3.63, 3.8) is 0 Å². The number of hydrogen-bond donors (Lipinski definition) is 0. The number of ether oxygens (including phenoxy) is 1. The molecule has 0 aliphatic heterocycles. The summed E-state index contributed by atoms with van der Waals surface area (Å²) in [7, 11) is 0. The van der Waals surface area contributed by atoms with E-state index in [0.717, 1.165) is 0 Å². The first-order chi connectivity index (χ1) is 7.09. The van der Waals surface area contributed by atoms with Crippen molar-refractivity contribution in [3.05, 3.63) is 28.2 Å². The summed E-state index contributed by atoms with van der Waals surface area (Å²) in [5.74, 6) is 0.769. The summed E-state index contributed by atoms with van der Waals surface area (Å²) in [6.45, 7) is 2.05. The second-order valence-electron chi connectivity index (χ2n) is 3.23. The summed E-state index contributed by atoms with van der Waals surface area (Å²) in [4.78, 5) is 10.7. The Kier molecular flexibility index (Phi) is 4.92. The molecule has 2 nitrogen and oxygen atoms in total. The van der Waals surface area contributed by atoms with Gasteiger partial charge in [0, 0.05) is 11.4 Å². The number of rotatable bonds is 5. The van der Waals surface area contributed by atoms with Crippen LogP contribution >= 0.6 is 23.2 Å². The summed E-state index contributed by atoms with van der Waals surface area (Å²) < 4.78 is 5.40. The van der Waals surface area contributed by atoms with Crippen LogP contribution in [0.4, 0.5) is 0 Å². The van der Waals surface area contributed by atoms with Crippen molar-refractivity contribution < 1.29 is 9.53 Å². The van der Waals surface area contributed by atoms with E-state index in [0.29, 0.717) is 35.2 Å². The number of halogens is 2. The summed E-state index contributed by atoms with van der Waals surface area (Å²) in [5.41, 5.74) is 0. The third-order valence-corrected chi connectivity index (χ3v) is 2.36. The number of benzene rings is 1. The molecule has 0 unspecified atom stereocenters. The summed E-state index contributed by atoms with van der Waals surface area (Å²) in [6, 6.07) is 5.07. The first-order valence-corrected chi connectivity index (χ1v) is 5.42. The van der Waals surface area contributed by atoms with Gasteiger partial charge in [0.1, 0.15) is 11.5 Å². The lowest BCUT2D eigenvalue weighted by molar-refractivity contribution is -0.117. The fourth-order valence-electron chi connectivity index (χ4n) is 1.10. The van der Waals surface area contributed by atoms with Crippen molar-refractivity contribution in [3.8, 4) is 5.75 Å². The normalized spacial score (nSPS) is 10.1. The van der Waals surface area contributed by atoms with E-state index >= 15 is 0 Å². The minimum absolute atomic E-state index is 0.167. The van der Waals surface area contributed by atoms with E-state index in [9.17, 15) is 4.79 Å². The molecule has 0 radical (unpaired) electrons. The predicted molar refractivity (Wildman–Crippen MR) is 61.9 cm³/mol. The second-order valence-corrected chi connectivity index (χ2v) is 4.07. The molecular weight excluding hydrogens is 235 g/mol. The lowest BCUT2D eigenvalue weighted by atomic mass is 10.2. The van der Waals surface area contributed by atoms with Crippen molar-refractivity contribution in [2.24, 2.45) is 0 Å². The zero-order valence-corrected chi connectivity index (χ0v) is 9.94. The second kappa shape index (κ2) is 5.99. The molecule has 0 N–H and O–H groups in total. The van der Waals surface area contributed by atoms with Gasteiger partial charge >= 0.3 is 0 Å². The molecular formula is C11H12Cl2O2. The van der Waals surface area contributed by atoms with Crippen LogP contribution in [0.2, 0.25) is 10.0 Å². The van der Waals surface area contributed by atoms with Crippen LogP contribution in [0.5, 0.6) is 5.75 Å². The lowest BCUT2D eigenvalue weighted by Crippen LogP contribution is -2.00. The van der Waals surface area contributed by atoms with Crippen molar-refractivity contribution >= 4 is 29.0 Å². The lowest BCUT2D eigenvalue weighted by Gasteiger charge is -2.07. The molecule has 0 spiro atoms. The zero-order valence-electron chi connectivity index (χ0n) is 8.43. The maximum atomic E-state index is 10.7. The first-order valence-electron chi connectivity index (χ1n) is 4.67. The Labute approximate surface area is 99.1 Å². The van der Waals surface area contributed by atoms with Crippen molar-refractivity contribution in [2.45, 2.75) is 19.8 Å². The molecule has 4 heteroatoms. The molecule has 1 aromatic carbocycles. The number of carbonyl (C=O) groups excluding carboxylic acids is 1. The average molecular weight is 247 g/mol. The largest absolute Gasteiger partial charge is 0.492 e. The highest BCUT2D eigenvalue weighted by molar-refractivity contribution is 6.35.